The van der Waals surface area contributed by atoms with E-state index in [1.807, 2.05) is 18.2 Å². The highest BCUT2D eigenvalue weighted by molar-refractivity contribution is 6.18. The van der Waals surface area contributed by atoms with Gasteiger partial charge < -0.3 is 5.11 Å². The highest BCUT2D eigenvalue weighted by atomic mass is 35.5. The summed E-state index contributed by atoms with van der Waals surface area (Å²) >= 11 is 5.63. The van der Waals surface area contributed by atoms with Crippen molar-refractivity contribution < 1.29 is 5.11 Å². The van der Waals surface area contributed by atoms with Gasteiger partial charge in [-0.05, 0) is 19.4 Å². The van der Waals surface area contributed by atoms with E-state index in [0.29, 0.717) is 12.6 Å². The Balaban J connectivity index is 2.58. The summed E-state index contributed by atoms with van der Waals surface area (Å²) in [4.78, 5) is 2.22. The molecular weight excluding hydrogens is 222 g/mol. The van der Waals surface area contributed by atoms with E-state index in [4.69, 9.17) is 11.6 Å². The topological polar surface area (TPSA) is 23.5 Å². The standard InChI is InChI=1S/C13H20ClNO/c1-11(2)15(10-13(16)8-14)9-12-6-4-3-5-7-12/h3-7,11,13,16H,8-10H2,1-2H3/t13-/m1/s1. The molecule has 1 rings (SSSR count). The summed E-state index contributed by atoms with van der Waals surface area (Å²) in [7, 11) is 0. The molecule has 0 unspecified atom stereocenters. The van der Waals surface area contributed by atoms with E-state index in [-0.39, 0.29) is 5.88 Å². The number of rotatable bonds is 6. The van der Waals surface area contributed by atoms with E-state index >= 15 is 0 Å². The predicted octanol–water partition coefficient (Wildman–Crippen LogP) is 2.50. The highest BCUT2D eigenvalue weighted by Crippen LogP contribution is 2.09. The number of aliphatic hydroxyl groups excluding tert-OH is 1. The minimum atomic E-state index is -0.451. The van der Waals surface area contributed by atoms with Gasteiger partial charge in [-0.3, -0.25) is 4.90 Å². The summed E-state index contributed by atoms with van der Waals surface area (Å²) in [5, 5.41) is 9.58. The first-order valence-corrected chi connectivity index (χ1v) is 6.19. The molecule has 1 atom stereocenters. The monoisotopic (exact) mass is 241 g/mol. The summed E-state index contributed by atoms with van der Waals surface area (Å²) in [5.74, 6) is 0.290. The van der Waals surface area contributed by atoms with Crippen molar-refractivity contribution in [2.24, 2.45) is 0 Å². The summed E-state index contributed by atoms with van der Waals surface area (Å²) < 4.78 is 0. The molecule has 0 aliphatic carbocycles. The maximum atomic E-state index is 9.58. The molecule has 1 aromatic rings. The minimum Gasteiger partial charge on any atom is -0.391 e. The average Bonchev–Trinajstić information content (AvgIpc) is 2.29. The molecule has 0 heterocycles. The van der Waals surface area contributed by atoms with E-state index in [1.165, 1.54) is 5.56 Å². The molecule has 0 saturated carbocycles. The molecule has 2 nitrogen and oxygen atoms in total. The van der Waals surface area contributed by atoms with Crippen LogP contribution < -0.4 is 0 Å². The molecule has 0 aliphatic heterocycles. The summed E-state index contributed by atoms with van der Waals surface area (Å²) in [5.41, 5.74) is 1.26. The Morgan fingerprint density at radius 1 is 1.25 bits per heavy atom. The Labute approximate surface area is 103 Å². The van der Waals surface area contributed by atoms with Gasteiger partial charge in [0.1, 0.15) is 0 Å². The number of hydrogen-bond acceptors (Lipinski definition) is 2. The van der Waals surface area contributed by atoms with Crippen LogP contribution in [0.1, 0.15) is 19.4 Å². The van der Waals surface area contributed by atoms with Gasteiger partial charge in [0.05, 0.1) is 6.10 Å². The van der Waals surface area contributed by atoms with E-state index < -0.39 is 6.10 Å². The number of benzene rings is 1. The molecule has 90 valence electrons. The van der Waals surface area contributed by atoms with E-state index in [1.54, 1.807) is 0 Å². The Morgan fingerprint density at radius 3 is 2.38 bits per heavy atom. The molecule has 0 radical (unpaired) electrons. The van der Waals surface area contributed by atoms with Crippen LogP contribution in [0.5, 0.6) is 0 Å². The first-order valence-electron chi connectivity index (χ1n) is 5.65. The van der Waals surface area contributed by atoms with E-state index in [9.17, 15) is 5.11 Å². The van der Waals surface area contributed by atoms with Crippen molar-refractivity contribution in [3.8, 4) is 0 Å². The Bertz CT molecular complexity index is 289. The molecular formula is C13H20ClNO. The molecule has 0 saturated heterocycles. The molecule has 0 fully saturated rings. The zero-order valence-corrected chi connectivity index (χ0v) is 10.7. The fourth-order valence-electron chi connectivity index (χ4n) is 1.60. The Kier molecular flexibility index (Phi) is 5.81. The van der Waals surface area contributed by atoms with Crippen LogP contribution in [0.25, 0.3) is 0 Å². The third-order valence-corrected chi connectivity index (χ3v) is 2.94. The molecule has 0 spiro atoms. The van der Waals surface area contributed by atoms with Crippen molar-refractivity contribution in [1.82, 2.24) is 4.90 Å². The predicted molar refractivity (Wildman–Crippen MR) is 68.7 cm³/mol. The van der Waals surface area contributed by atoms with Crippen LogP contribution in [0.15, 0.2) is 30.3 Å². The summed E-state index contributed by atoms with van der Waals surface area (Å²) in [6, 6.07) is 10.7. The van der Waals surface area contributed by atoms with Crippen molar-refractivity contribution in [2.45, 2.75) is 32.5 Å². The summed E-state index contributed by atoms with van der Waals surface area (Å²) in [6.45, 7) is 5.73. The van der Waals surface area contributed by atoms with Gasteiger partial charge in [0.2, 0.25) is 0 Å². The van der Waals surface area contributed by atoms with Crippen LogP contribution in [-0.4, -0.2) is 34.6 Å². The molecule has 0 amide bonds. The second-order valence-electron chi connectivity index (χ2n) is 4.32. The van der Waals surface area contributed by atoms with Crippen LogP contribution in [-0.2, 0) is 6.54 Å². The SMILES string of the molecule is CC(C)N(Cc1ccccc1)C[C@H](O)CCl. The van der Waals surface area contributed by atoms with Gasteiger partial charge in [0, 0.05) is 25.0 Å². The molecule has 3 heteroatoms. The van der Waals surface area contributed by atoms with Gasteiger partial charge in [0.25, 0.3) is 0 Å². The van der Waals surface area contributed by atoms with Crippen LogP contribution in [0.4, 0.5) is 0 Å². The summed E-state index contributed by atoms with van der Waals surface area (Å²) in [6.07, 6.45) is -0.451. The van der Waals surface area contributed by atoms with Gasteiger partial charge in [-0.15, -0.1) is 11.6 Å². The lowest BCUT2D eigenvalue weighted by atomic mass is 10.2. The van der Waals surface area contributed by atoms with Crippen LogP contribution >= 0.6 is 11.6 Å². The maximum absolute atomic E-state index is 9.58. The first kappa shape index (κ1) is 13.5. The van der Waals surface area contributed by atoms with Crippen LogP contribution in [0.3, 0.4) is 0 Å². The molecule has 16 heavy (non-hydrogen) atoms. The van der Waals surface area contributed by atoms with Crippen molar-refractivity contribution in [2.75, 3.05) is 12.4 Å². The third kappa shape index (κ3) is 4.52. The molecule has 0 bridgehead atoms. The molecule has 0 aliphatic rings. The molecule has 1 N–H and O–H groups in total. The van der Waals surface area contributed by atoms with Gasteiger partial charge in [0.15, 0.2) is 0 Å². The third-order valence-electron chi connectivity index (χ3n) is 2.58. The maximum Gasteiger partial charge on any atom is 0.0802 e. The van der Waals surface area contributed by atoms with Crippen molar-refractivity contribution in [3.63, 3.8) is 0 Å². The second kappa shape index (κ2) is 6.89. The van der Waals surface area contributed by atoms with Crippen molar-refractivity contribution in [1.29, 1.82) is 0 Å². The zero-order valence-electron chi connectivity index (χ0n) is 9.94. The Hall–Kier alpha value is -0.570. The van der Waals surface area contributed by atoms with E-state index in [0.717, 1.165) is 6.54 Å². The van der Waals surface area contributed by atoms with Crippen LogP contribution in [0, 0.1) is 0 Å². The van der Waals surface area contributed by atoms with Gasteiger partial charge >= 0.3 is 0 Å². The van der Waals surface area contributed by atoms with E-state index in [2.05, 4.69) is 30.9 Å². The van der Waals surface area contributed by atoms with Gasteiger partial charge in [-0.2, -0.15) is 0 Å². The zero-order chi connectivity index (χ0) is 12.0. The normalized spacial score (nSPS) is 13.4. The lowest BCUT2D eigenvalue weighted by Crippen LogP contribution is -2.37. The highest BCUT2D eigenvalue weighted by Gasteiger charge is 2.14. The number of nitrogens with zero attached hydrogens (tertiary/aromatic N) is 1. The number of hydrogen-bond donors (Lipinski definition) is 1. The average molecular weight is 242 g/mol. The first-order chi connectivity index (χ1) is 7.63. The fourth-order valence-corrected chi connectivity index (χ4v) is 1.69. The fraction of sp³-hybridized carbons (Fsp3) is 0.538. The van der Waals surface area contributed by atoms with Crippen LogP contribution in [0.2, 0.25) is 0 Å². The number of halogens is 1. The lowest BCUT2D eigenvalue weighted by molar-refractivity contribution is 0.105. The number of alkyl halides is 1. The second-order valence-corrected chi connectivity index (χ2v) is 4.63. The van der Waals surface area contributed by atoms with Gasteiger partial charge in [-0.1, -0.05) is 30.3 Å². The number of aliphatic hydroxyl groups is 1. The smallest absolute Gasteiger partial charge is 0.0802 e. The largest absolute Gasteiger partial charge is 0.391 e. The molecule has 1 aromatic carbocycles. The lowest BCUT2D eigenvalue weighted by Gasteiger charge is -2.28. The minimum absolute atomic E-state index is 0.290. The van der Waals surface area contributed by atoms with Gasteiger partial charge in [-0.25, -0.2) is 0 Å². The van der Waals surface area contributed by atoms with Crippen molar-refractivity contribution in [3.05, 3.63) is 35.9 Å². The van der Waals surface area contributed by atoms with Crippen molar-refractivity contribution >= 4 is 11.6 Å². The Morgan fingerprint density at radius 2 is 1.88 bits per heavy atom. The molecule has 0 aromatic heterocycles. The quantitative estimate of drug-likeness (QED) is 0.774.